The van der Waals surface area contributed by atoms with E-state index in [-0.39, 0.29) is 0 Å². The fraction of sp³-hybridized carbons (Fsp3) is 0.235. The summed E-state index contributed by atoms with van der Waals surface area (Å²) in [5, 5.41) is 0.717. The third-order valence-corrected chi connectivity index (χ3v) is 3.69. The van der Waals surface area contributed by atoms with Gasteiger partial charge in [-0.1, -0.05) is 30.7 Å². The van der Waals surface area contributed by atoms with Crippen molar-refractivity contribution in [2.45, 2.75) is 26.5 Å². The molecule has 3 rings (SSSR count). The Morgan fingerprint density at radius 1 is 1.10 bits per heavy atom. The van der Waals surface area contributed by atoms with Crippen LogP contribution in [0, 0.1) is 0 Å². The maximum Gasteiger partial charge on any atom is 0.293 e. The molecule has 21 heavy (non-hydrogen) atoms. The summed E-state index contributed by atoms with van der Waals surface area (Å²) >= 11 is 5.88. The van der Waals surface area contributed by atoms with E-state index in [9.17, 15) is 0 Å². The highest BCUT2D eigenvalue weighted by Crippen LogP contribution is 2.17. The summed E-state index contributed by atoms with van der Waals surface area (Å²) < 4.78 is 8.14. The largest absolute Gasteiger partial charge is 0.481 e. The normalized spacial score (nSPS) is 11.0. The lowest BCUT2D eigenvalue weighted by atomic mass is 10.3. The number of imidazole rings is 1. The van der Waals surface area contributed by atoms with Gasteiger partial charge >= 0.3 is 0 Å². The summed E-state index contributed by atoms with van der Waals surface area (Å²) in [6.45, 7) is 3.66. The molecule has 1 aromatic heterocycles. The van der Waals surface area contributed by atoms with E-state index in [2.05, 4.69) is 34.7 Å². The summed E-state index contributed by atoms with van der Waals surface area (Å²) in [4.78, 5) is 3.44. The standard InChI is InChI=1S/C17H17ClN2O/c1-2-11-20-16-6-4-3-5-15(16)19-17(20)12-21-14-9-7-13(18)8-10-14/h3-10H,2,11-12H2,1H3/p+1. The number of hydrogen-bond acceptors (Lipinski definition) is 1. The molecule has 2 aromatic carbocycles. The lowest BCUT2D eigenvalue weighted by Crippen LogP contribution is -2.37. The van der Waals surface area contributed by atoms with E-state index >= 15 is 0 Å². The van der Waals surface area contributed by atoms with Gasteiger partial charge in [-0.3, -0.25) is 0 Å². The Kier molecular flexibility index (Phi) is 4.11. The molecule has 0 amide bonds. The van der Waals surface area contributed by atoms with Gasteiger partial charge in [-0.25, -0.2) is 9.55 Å². The van der Waals surface area contributed by atoms with Crippen molar-refractivity contribution < 1.29 is 9.30 Å². The predicted molar refractivity (Wildman–Crippen MR) is 84.6 cm³/mol. The van der Waals surface area contributed by atoms with E-state index in [1.165, 1.54) is 5.52 Å². The molecule has 0 saturated carbocycles. The number of aromatic amines is 1. The molecule has 0 radical (unpaired) electrons. The Labute approximate surface area is 129 Å². The number of aryl methyl sites for hydroxylation is 1. The van der Waals surface area contributed by atoms with Crippen LogP contribution in [-0.2, 0) is 13.2 Å². The maximum absolute atomic E-state index is 5.88. The second-order valence-electron chi connectivity index (χ2n) is 4.98. The number of ether oxygens (including phenoxy) is 1. The molecule has 0 aliphatic carbocycles. The number of para-hydroxylation sites is 2. The molecule has 0 bridgehead atoms. The van der Waals surface area contributed by atoms with Crippen LogP contribution < -0.4 is 9.30 Å². The summed E-state index contributed by atoms with van der Waals surface area (Å²) in [5.74, 6) is 1.90. The van der Waals surface area contributed by atoms with Crippen molar-refractivity contribution in [1.82, 2.24) is 4.98 Å². The van der Waals surface area contributed by atoms with Crippen LogP contribution in [0.15, 0.2) is 48.5 Å². The Bertz CT molecular complexity index is 734. The van der Waals surface area contributed by atoms with Gasteiger partial charge in [0.25, 0.3) is 5.82 Å². The van der Waals surface area contributed by atoms with E-state index in [4.69, 9.17) is 16.3 Å². The van der Waals surface area contributed by atoms with Gasteiger partial charge in [-0.15, -0.1) is 0 Å². The summed E-state index contributed by atoms with van der Waals surface area (Å²) in [7, 11) is 0. The lowest BCUT2D eigenvalue weighted by Gasteiger charge is -2.04. The molecule has 108 valence electrons. The van der Waals surface area contributed by atoms with Gasteiger partial charge in [0.05, 0.1) is 6.54 Å². The Morgan fingerprint density at radius 3 is 2.62 bits per heavy atom. The van der Waals surface area contributed by atoms with Crippen LogP contribution in [0.2, 0.25) is 5.02 Å². The second-order valence-corrected chi connectivity index (χ2v) is 5.42. The van der Waals surface area contributed by atoms with E-state index in [0.29, 0.717) is 11.6 Å². The van der Waals surface area contributed by atoms with Crippen LogP contribution in [0.3, 0.4) is 0 Å². The Balaban J connectivity index is 1.85. The summed E-state index contributed by atoms with van der Waals surface area (Å²) in [6, 6.07) is 15.8. The third kappa shape index (κ3) is 3.03. The zero-order chi connectivity index (χ0) is 14.7. The molecule has 0 saturated heterocycles. The fourth-order valence-corrected chi connectivity index (χ4v) is 2.58. The van der Waals surface area contributed by atoms with Crippen molar-refractivity contribution in [2.75, 3.05) is 0 Å². The number of hydrogen-bond donors (Lipinski definition) is 1. The highest BCUT2D eigenvalue weighted by molar-refractivity contribution is 6.30. The number of aromatic nitrogens is 2. The highest BCUT2D eigenvalue weighted by atomic mass is 35.5. The van der Waals surface area contributed by atoms with Gasteiger partial charge in [-0.05, 0) is 42.8 Å². The second kappa shape index (κ2) is 6.19. The van der Waals surface area contributed by atoms with Crippen LogP contribution in [0.5, 0.6) is 5.75 Å². The molecule has 0 atom stereocenters. The van der Waals surface area contributed by atoms with Crippen molar-refractivity contribution in [3.8, 4) is 5.75 Å². The SMILES string of the molecule is CCC[n+]1c(COc2ccc(Cl)cc2)[nH]c2ccccc21. The molecular weight excluding hydrogens is 284 g/mol. The van der Waals surface area contributed by atoms with Gasteiger partial charge in [-0.2, -0.15) is 0 Å². The fourth-order valence-electron chi connectivity index (χ4n) is 2.46. The number of H-pyrrole nitrogens is 1. The van der Waals surface area contributed by atoms with E-state index < -0.39 is 0 Å². The van der Waals surface area contributed by atoms with E-state index in [1.54, 1.807) is 0 Å². The van der Waals surface area contributed by atoms with Crippen molar-refractivity contribution in [3.05, 3.63) is 59.4 Å². The third-order valence-electron chi connectivity index (χ3n) is 3.44. The molecule has 3 aromatic rings. The highest BCUT2D eigenvalue weighted by Gasteiger charge is 2.17. The minimum atomic E-state index is 0.510. The minimum Gasteiger partial charge on any atom is -0.481 e. The number of nitrogens with zero attached hydrogens (tertiary/aromatic N) is 1. The molecule has 0 unspecified atom stereocenters. The molecule has 0 fully saturated rings. The van der Waals surface area contributed by atoms with Gasteiger partial charge < -0.3 is 4.74 Å². The molecule has 0 aliphatic heterocycles. The molecule has 4 heteroatoms. The van der Waals surface area contributed by atoms with Crippen LogP contribution in [-0.4, -0.2) is 4.98 Å². The Hall–Kier alpha value is -2.00. The summed E-state index contributed by atoms with van der Waals surface area (Å²) in [6.07, 6.45) is 1.08. The molecule has 1 N–H and O–H groups in total. The maximum atomic E-state index is 5.88. The van der Waals surface area contributed by atoms with Crippen LogP contribution in [0.4, 0.5) is 0 Å². The number of halogens is 1. The summed E-state index contributed by atoms with van der Waals surface area (Å²) in [5.41, 5.74) is 2.36. The predicted octanol–water partition coefficient (Wildman–Crippen LogP) is 4.10. The quantitative estimate of drug-likeness (QED) is 0.706. The van der Waals surface area contributed by atoms with Crippen molar-refractivity contribution in [1.29, 1.82) is 0 Å². The number of benzene rings is 2. The molecule has 0 aliphatic rings. The van der Waals surface area contributed by atoms with E-state index in [1.807, 2.05) is 30.3 Å². The van der Waals surface area contributed by atoms with Crippen LogP contribution >= 0.6 is 11.6 Å². The number of fused-ring (bicyclic) bond motifs is 1. The molecular formula is C17H18ClN2O+. The first kappa shape index (κ1) is 14.0. The molecule has 3 nitrogen and oxygen atoms in total. The Morgan fingerprint density at radius 2 is 1.86 bits per heavy atom. The minimum absolute atomic E-state index is 0.510. The average Bonchev–Trinajstić information content (AvgIpc) is 2.85. The first-order valence-corrected chi connectivity index (χ1v) is 7.53. The first-order chi connectivity index (χ1) is 10.3. The van der Waals surface area contributed by atoms with Gasteiger partial charge in [0.2, 0.25) is 0 Å². The van der Waals surface area contributed by atoms with Crippen molar-refractivity contribution >= 4 is 22.6 Å². The number of rotatable bonds is 5. The topological polar surface area (TPSA) is 28.9 Å². The van der Waals surface area contributed by atoms with Crippen LogP contribution in [0.1, 0.15) is 19.2 Å². The monoisotopic (exact) mass is 301 g/mol. The van der Waals surface area contributed by atoms with Gasteiger partial charge in [0.1, 0.15) is 5.75 Å². The first-order valence-electron chi connectivity index (χ1n) is 7.15. The van der Waals surface area contributed by atoms with E-state index in [0.717, 1.165) is 30.1 Å². The smallest absolute Gasteiger partial charge is 0.293 e. The zero-order valence-corrected chi connectivity index (χ0v) is 12.7. The number of nitrogens with one attached hydrogen (secondary N) is 1. The van der Waals surface area contributed by atoms with Crippen LogP contribution in [0.25, 0.3) is 11.0 Å². The molecule has 0 spiro atoms. The zero-order valence-electron chi connectivity index (χ0n) is 12.0. The van der Waals surface area contributed by atoms with Crippen molar-refractivity contribution in [2.24, 2.45) is 0 Å². The molecule has 1 heterocycles. The van der Waals surface area contributed by atoms with Gasteiger partial charge in [0, 0.05) is 5.02 Å². The van der Waals surface area contributed by atoms with Gasteiger partial charge in [0.15, 0.2) is 17.6 Å². The van der Waals surface area contributed by atoms with Crippen molar-refractivity contribution in [3.63, 3.8) is 0 Å². The lowest BCUT2D eigenvalue weighted by molar-refractivity contribution is -0.680. The average molecular weight is 302 g/mol.